The molecule has 1 saturated carbocycles. The average molecular weight is 486 g/mol. The van der Waals surface area contributed by atoms with Crippen LogP contribution in [0, 0.1) is 0 Å². The van der Waals surface area contributed by atoms with E-state index in [4.69, 9.17) is 14.6 Å². The van der Waals surface area contributed by atoms with Crippen LogP contribution in [0.4, 0.5) is 4.79 Å². The predicted octanol–water partition coefficient (Wildman–Crippen LogP) is 4.96. The predicted molar refractivity (Wildman–Crippen MR) is 133 cm³/mol. The van der Waals surface area contributed by atoms with E-state index in [0.29, 0.717) is 24.4 Å². The van der Waals surface area contributed by atoms with Crippen LogP contribution >= 0.6 is 0 Å². The van der Waals surface area contributed by atoms with E-state index in [1.54, 1.807) is 30.7 Å². The summed E-state index contributed by atoms with van der Waals surface area (Å²) in [6.45, 7) is 4.36. The number of carboxylic acid groups (broad SMARTS) is 1. The fourth-order valence-electron chi connectivity index (χ4n) is 4.25. The first-order valence-electron chi connectivity index (χ1n) is 11.7. The Bertz CT molecular complexity index is 1320. The number of amides is 1. The van der Waals surface area contributed by atoms with Crippen molar-refractivity contribution < 1.29 is 19.4 Å². The normalized spacial score (nSPS) is 17.2. The van der Waals surface area contributed by atoms with Crippen LogP contribution in [0.1, 0.15) is 37.8 Å². The lowest BCUT2D eigenvalue weighted by Gasteiger charge is -2.35. The van der Waals surface area contributed by atoms with Crippen molar-refractivity contribution in [3.8, 4) is 23.1 Å². The molecule has 1 amide bonds. The molecule has 0 spiro atoms. The minimum absolute atomic E-state index is 0.0216. The van der Waals surface area contributed by atoms with Crippen molar-refractivity contribution in [2.75, 3.05) is 0 Å². The molecule has 36 heavy (non-hydrogen) atoms. The second kappa shape index (κ2) is 9.69. The Balaban J connectivity index is 1.21. The van der Waals surface area contributed by atoms with Crippen molar-refractivity contribution in [3.05, 3.63) is 90.4 Å². The molecule has 2 aromatic carbocycles. The summed E-state index contributed by atoms with van der Waals surface area (Å²) in [5.74, 6) is 2.74. The summed E-state index contributed by atoms with van der Waals surface area (Å²) in [7, 11) is 0. The summed E-state index contributed by atoms with van der Waals surface area (Å²) in [4.78, 5) is 16.4. The lowest BCUT2D eigenvalue weighted by Crippen LogP contribution is -2.48. The van der Waals surface area contributed by atoms with Crippen LogP contribution in [0.5, 0.6) is 17.2 Å². The van der Waals surface area contributed by atoms with Crippen LogP contribution in [0.3, 0.4) is 0 Å². The van der Waals surface area contributed by atoms with Gasteiger partial charge in [-0.15, -0.1) is 4.80 Å². The third-order valence-electron chi connectivity index (χ3n) is 6.45. The van der Waals surface area contributed by atoms with E-state index in [-0.39, 0.29) is 17.6 Å². The largest absolute Gasteiger partial charge is 0.490 e. The van der Waals surface area contributed by atoms with Gasteiger partial charge in [0.1, 0.15) is 23.4 Å². The summed E-state index contributed by atoms with van der Waals surface area (Å²) in [5, 5.41) is 19.5. The highest BCUT2D eigenvalue weighted by atomic mass is 16.5. The maximum atomic E-state index is 10.7. The van der Waals surface area contributed by atoms with Gasteiger partial charge in [0, 0.05) is 36.6 Å². The summed E-state index contributed by atoms with van der Waals surface area (Å²) in [5.41, 5.74) is 2.09. The molecule has 1 fully saturated rings. The van der Waals surface area contributed by atoms with Gasteiger partial charge in [0.2, 0.25) is 0 Å². The van der Waals surface area contributed by atoms with E-state index in [1.165, 1.54) is 4.80 Å². The first kappa shape index (κ1) is 23.3. The fraction of sp³-hybridized carbons (Fsp3) is 0.259. The number of benzene rings is 2. The van der Waals surface area contributed by atoms with E-state index < -0.39 is 6.09 Å². The summed E-state index contributed by atoms with van der Waals surface area (Å²) in [6.07, 6.45) is 5.29. The van der Waals surface area contributed by atoms with Gasteiger partial charge in [-0.05, 0) is 41.5 Å². The Hall–Kier alpha value is -4.40. The first-order valence-corrected chi connectivity index (χ1v) is 11.7. The topological polar surface area (TPSA) is 111 Å². The molecular formula is C27H27N5O4. The second-order valence-electron chi connectivity index (χ2n) is 9.30. The third-order valence-corrected chi connectivity index (χ3v) is 6.45. The van der Waals surface area contributed by atoms with Crippen LogP contribution in [-0.2, 0) is 5.41 Å². The zero-order valence-electron chi connectivity index (χ0n) is 20.0. The molecule has 5 rings (SSSR count). The van der Waals surface area contributed by atoms with Crippen LogP contribution in [0.15, 0.2) is 79.3 Å². The SMILES string of the molecule is CC(C)(c1ccc(Oc2ccnc(-n3nccn3)c2)cc1)c1ccc(OC2CC(NC(=O)O)C2)cc1. The molecule has 184 valence electrons. The highest BCUT2D eigenvalue weighted by Gasteiger charge is 2.32. The molecule has 1 aliphatic rings. The number of carbonyl (C=O) groups is 1. The van der Waals surface area contributed by atoms with Crippen molar-refractivity contribution in [1.82, 2.24) is 25.3 Å². The molecular weight excluding hydrogens is 458 g/mol. The maximum absolute atomic E-state index is 10.7. The van der Waals surface area contributed by atoms with Crippen molar-refractivity contribution in [2.24, 2.45) is 0 Å². The fourth-order valence-corrected chi connectivity index (χ4v) is 4.25. The molecule has 2 N–H and O–H groups in total. The van der Waals surface area contributed by atoms with Crippen LogP contribution in [0.2, 0.25) is 0 Å². The zero-order valence-corrected chi connectivity index (χ0v) is 20.0. The molecule has 1 aliphatic carbocycles. The van der Waals surface area contributed by atoms with Crippen LogP contribution in [0.25, 0.3) is 5.82 Å². The quantitative estimate of drug-likeness (QED) is 0.363. The molecule has 4 aromatic rings. The van der Waals surface area contributed by atoms with Gasteiger partial charge >= 0.3 is 6.09 Å². The van der Waals surface area contributed by atoms with E-state index in [9.17, 15) is 4.79 Å². The number of aromatic nitrogens is 4. The van der Waals surface area contributed by atoms with Gasteiger partial charge in [0.25, 0.3) is 0 Å². The van der Waals surface area contributed by atoms with Gasteiger partial charge in [0.05, 0.1) is 12.4 Å². The van der Waals surface area contributed by atoms with Gasteiger partial charge in [0.15, 0.2) is 5.82 Å². The zero-order chi connectivity index (χ0) is 25.1. The van der Waals surface area contributed by atoms with Crippen LogP contribution in [-0.4, -0.2) is 43.3 Å². The number of hydrogen-bond acceptors (Lipinski definition) is 6. The Morgan fingerprint density at radius 1 is 0.917 bits per heavy atom. The molecule has 0 bridgehead atoms. The molecule has 0 radical (unpaired) electrons. The Morgan fingerprint density at radius 3 is 2.14 bits per heavy atom. The van der Waals surface area contributed by atoms with E-state index in [1.807, 2.05) is 24.3 Å². The van der Waals surface area contributed by atoms with Crippen molar-refractivity contribution in [3.63, 3.8) is 0 Å². The number of pyridine rings is 1. The van der Waals surface area contributed by atoms with E-state index in [2.05, 4.69) is 58.6 Å². The first-order chi connectivity index (χ1) is 17.4. The summed E-state index contributed by atoms with van der Waals surface area (Å²) >= 11 is 0. The highest BCUT2D eigenvalue weighted by Crippen LogP contribution is 2.35. The number of ether oxygens (including phenoxy) is 2. The standard InChI is InChI=1S/C27H27N5O4/c1-27(2,19-5-9-22(10-6-19)36-24-15-20(16-24)31-26(33)34)18-3-7-21(8-4-18)35-23-11-12-28-25(17-23)32-29-13-14-30-32/h3-14,17,20,24,31H,15-16H2,1-2H3,(H,33,34). The van der Waals surface area contributed by atoms with E-state index >= 15 is 0 Å². The van der Waals surface area contributed by atoms with Gasteiger partial charge in [-0.25, -0.2) is 9.78 Å². The number of nitrogens with zero attached hydrogens (tertiary/aromatic N) is 4. The monoisotopic (exact) mass is 485 g/mol. The van der Waals surface area contributed by atoms with Gasteiger partial charge in [-0.2, -0.15) is 10.2 Å². The van der Waals surface area contributed by atoms with Crippen molar-refractivity contribution in [2.45, 2.75) is 44.2 Å². The Morgan fingerprint density at radius 2 is 1.53 bits per heavy atom. The lowest BCUT2D eigenvalue weighted by atomic mass is 9.78. The number of nitrogens with one attached hydrogen (secondary N) is 1. The molecule has 0 unspecified atom stereocenters. The second-order valence-corrected chi connectivity index (χ2v) is 9.30. The number of rotatable bonds is 8. The molecule has 9 heteroatoms. The summed E-state index contributed by atoms with van der Waals surface area (Å²) < 4.78 is 12.0. The molecule has 0 atom stereocenters. The highest BCUT2D eigenvalue weighted by molar-refractivity contribution is 5.65. The smallest absolute Gasteiger partial charge is 0.404 e. The molecule has 2 heterocycles. The Kier molecular flexibility index (Phi) is 6.28. The van der Waals surface area contributed by atoms with E-state index in [0.717, 1.165) is 22.6 Å². The van der Waals surface area contributed by atoms with Crippen molar-refractivity contribution in [1.29, 1.82) is 0 Å². The molecule has 0 saturated heterocycles. The third kappa shape index (κ3) is 5.14. The molecule has 9 nitrogen and oxygen atoms in total. The lowest BCUT2D eigenvalue weighted by molar-refractivity contribution is 0.0833. The summed E-state index contributed by atoms with van der Waals surface area (Å²) in [6, 6.07) is 19.7. The maximum Gasteiger partial charge on any atom is 0.404 e. The molecule has 2 aromatic heterocycles. The minimum atomic E-state index is -0.987. The molecule has 0 aliphatic heterocycles. The number of hydrogen-bond donors (Lipinski definition) is 2. The van der Waals surface area contributed by atoms with Gasteiger partial charge in [-0.1, -0.05) is 38.1 Å². The minimum Gasteiger partial charge on any atom is -0.490 e. The van der Waals surface area contributed by atoms with Crippen molar-refractivity contribution >= 4 is 6.09 Å². The van der Waals surface area contributed by atoms with Gasteiger partial charge in [-0.3, -0.25) is 0 Å². The van der Waals surface area contributed by atoms with Crippen LogP contribution < -0.4 is 14.8 Å². The Labute approximate surface area is 208 Å². The van der Waals surface area contributed by atoms with Gasteiger partial charge < -0.3 is 19.9 Å². The average Bonchev–Trinajstić information content (AvgIpc) is 3.39.